The van der Waals surface area contributed by atoms with Crippen LogP contribution >= 0.6 is 11.3 Å². The quantitative estimate of drug-likeness (QED) is 0.0973. The molecule has 0 bridgehead atoms. The van der Waals surface area contributed by atoms with Crippen molar-refractivity contribution in [3.8, 4) is 39.5 Å². The van der Waals surface area contributed by atoms with E-state index in [2.05, 4.69) is 66.6 Å². The summed E-state index contributed by atoms with van der Waals surface area (Å²) in [4.78, 5) is 45.9. The first-order chi connectivity index (χ1) is 27.7. The third-order valence-corrected chi connectivity index (χ3v) is 12.5. The van der Waals surface area contributed by atoms with Crippen molar-refractivity contribution in [1.29, 1.82) is 0 Å². The molecule has 9 rings (SSSR count). The Morgan fingerprint density at radius 3 is 2.60 bits per heavy atom. The van der Waals surface area contributed by atoms with Crippen molar-refractivity contribution >= 4 is 34.2 Å². The molecule has 6 aromatic rings. The third kappa shape index (κ3) is 7.09. The molecular weight excluding hydrogens is 744 g/mol. The smallest absolute Gasteiger partial charge is 0.407 e. The van der Waals surface area contributed by atoms with Crippen LogP contribution in [-0.2, 0) is 16.1 Å². The molecule has 57 heavy (non-hydrogen) atoms. The highest BCUT2D eigenvalue weighted by Gasteiger charge is 2.35. The normalized spacial score (nSPS) is 18.0. The molecule has 1 saturated carbocycles. The number of fused-ring (bicyclic) bond motifs is 5. The van der Waals surface area contributed by atoms with Gasteiger partial charge in [0.05, 0.1) is 65.1 Å². The first kappa shape index (κ1) is 37.1. The lowest BCUT2D eigenvalue weighted by atomic mass is 10.0. The third-order valence-electron chi connectivity index (χ3n) is 11.3. The van der Waals surface area contributed by atoms with Crippen molar-refractivity contribution in [2.24, 2.45) is 5.92 Å². The number of ether oxygens (including phenoxy) is 2. The number of benzene rings is 2. The molecule has 2 aromatic carbocycles. The number of hydrogen-bond acceptors (Lipinski definition) is 8. The number of amides is 2. The Hall–Kier alpha value is -5.47. The molecular formula is C43H47FN8O4S. The van der Waals surface area contributed by atoms with Gasteiger partial charge in [-0.3, -0.25) is 9.36 Å². The van der Waals surface area contributed by atoms with E-state index in [0.29, 0.717) is 47.3 Å². The second kappa shape index (κ2) is 15.1. The maximum absolute atomic E-state index is 16.6. The minimum Gasteiger partial charge on any atom is -0.464 e. The summed E-state index contributed by atoms with van der Waals surface area (Å²) in [5.41, 5.74) is 5.24. The van der Waals surface area contributed by atoms with Crippen LogP contribution < -0.4 is 15.4 Å². The number of aromatic amines is 2. The molecule has 1 unspecified atom stereocenters. The zero-order valence-electron chi connectivity index (χ0n) is 32.5. The van der Waals surface area contributed by atoms with Crippen LogP contribution in [0.25, 0.3) is 44.7 Å². The summed E-state index contributed by atoms with van der Waals surface area (Å²) < 4.78 is 30.4. The van der Waals surface area contributed by atoms with E-state index in [1.807, 2.05) is 33.0 Å². The van der Waals surface area contributed by atoms with Crippen LogP contribution in [0.4, 0.5) is 9.18 Å². The largest absolute Gasteiger partial charge is 0.464 e. The fourth-order valence-electron chi connectivity index (χ4n) is 8.16. The van der Waals surface area contributed by atoms with Gasteiger partial charge >= 0.3 is 6.09 Å². The number of imidazole rings is 2. The predicted molar refractivity (Wildman–Crippen MR) is 217 cm³/mol. The van der Waals surface area contributed by atoms with E-state index >= 15 is 4.39 Å². The first-order valence-corrected chi connectivity index (χ1v) is 20.7. The molecule has 1 aliphatic carbocycles. The number of hydrogen-bond donors (Lipinski definition) is 4. The zero-order valence-corrected chi connectivity index (χ0v) is 33.3. The molecule has 1 saturated heterocycles. The molecule has 3 atom stereocenters. The number of alkyl carbamates (subject to hydrolysis) is 1. The predicted octanol–water partition coefficient (Wildman–Crippen LogP) is 8.65. The Morgan fingerprint density at radius 2 is 1.84 bits per heavy atom. The van der Waals surface area contributed by atoms with Crippen LogP contribution in [0.1, 0.15) is 92.5 Å². The highest BCUT2D eigenvalue weighted by molar-refractivity contribution is 7.12. The Labute approximate surface area is 334 Å². The van der Waals surface area contributed by atoms with Gasteiger partial charge in [-0.25, -0.2) is 19.2 Å². The van der Waals surface area contributed by atoms with Gasteiger partial charge in [-0.15, -0.1) is 11.3 Å². The molecule has 14 heteroatoms. The summed E-state index contributed by atoms with van der Waals surface area (Å²) >= 11 is 1.77. The van der Waals surface area contributed by atoms with Crippen molar-refractivity contribution in [2.75, 3.05) is 20.2 Å². The van der Waals surface area contributed by atoms with Crippen LogP contribution in [0, 0.1) is 11.7 Å². The van der Waals surface area contributed by atoms with Crippen molar-refractivity contribution in [3.05, 3.63) is 88.1 Å². The molecule has 2 aliphatic heterocycles. The SMILES string of the molecule is CCCN(Cc1ncc(-c2cc(F)c3c(c2)OC(c2ccc(C4CC4)s2)n2c-3cc3cc(-c4cnc([C@@H]5CCCN5)[nH]4)ccc32)[nH]1)C(=O)[C@@H](NC(=O)OC)C(C)C. The minimum absolute atomic E-state index is 0.163. The first-order valence-electron chi connectivity index (χ1n) is 19.9. The standard InChI is InChI=1S/C43H47FN8O4S/c1-5-15-51(41(53)39(23(2)3)50-43(54)55-4)22-37-46-20-31(48-37)26-17-28(44)38-33-18-27-16-25(30-21-47-40(49-30)29-7-6-14-45-29)10-11-32(27)52(33)42(56-34(38)19-26)36-13-12-35(57-36)24-8-9-24/h10-13,16-21,23-24,29,39,42,45H,5-9,14-15,22H2,1-4H3,(H,46,48)(H,47,49)(H,50,54)/t29-,39-,42?/m0/s1. The lowest BCUT2D eigenvalue weighted by Crippen LogP contribution is -2.51. The van der Waals surface area contributed by atoms with Gasteiger partial charge in [0, 0.05) is 27.9 Å². The minimum atomic E-state index is -0.762. The Balaban J connectivity index is 1.05. The molecule has 3 aliphatic rings. The van der Waals surface area contributed by atoms with Gasteiger partial charge in [-0.05, 0) is 92.9 Å². The number of thiophene rings is 1. The number of rotatable bonds is 12. The molecule has 6 heterocycles. The topological polar surface area (TPSA) is 142 Å². The van der Waals surface area contributed by atoms with Crippen LogP contribution in [0.15, 0.2) is 60.9 Å². The van der Waals surface area contributed by atoms with Gasteiger partial charge < -0.3 is 35.0 Å². The lowest BCUT2D eigenvalue weighted by Gasteiger charge is -2.30. The fourth-order valence-corrected chi connectivity index (χ4v) is 9.36. The zero-order chi connectivity index (χ0) is 39.4. The number of carbonyl (C=O) groups excluding carboxylic acids is 2. The van der Waals surface area contributed by atoms with Gasteiger partial charge in [0.2, 0.25) is 12.1 Å². The fraction of sp³-hybridized carbons (Fsp3) is 0.395. The molecule has 296 valence electrons. The average molecular weight is 791 g/mol. The number of carbonyl (C=O) groups is 2. The lowest BCUT2D eigenvalue weighted by molar-refractivity contribution is -0.135. The summed E-state index contributed by atoms with van der Waals surface area (Å²) in [6.45, 7) is 7.38. The second-order valence-electron chi connectivity index (χ2n) is 15.7. The monoisotopic (exact) mass is 790 g/mol. The van der Waals surface area contributed by atoms with E-state index in [9.17, 15) is 9.59 Å². The van der Waals surface area contributed by atoms with E-state index in [0.717, 1.165) is 57.9 Å². The van der Waals surface area contributed by atoms with Crippen molar-refractivity contribution < 1.29 is 23.5 Å². The van der Waals surface area contributed by atoms with E-state index in [-0.39, 0.29) is 24.4 Å². The molecule has 0 spiro atoms. The van der Waals surface area contributed by atoms with E-state index < -0.39 is 24.2 Å². The summed E-state index contributed by atoms with van der Waals surface area (Å²) in [5, 5.41) is 7.16. The van der Waals surface area contributed by atoms with Gasteiger partial charge in [-0.2, -0.15) is 0 Å². The van der Waals surface area contributed by atoms with Crippen molar-refractivity contribution in [2.45, 2.75) is 83.6 Å². The molecule has 4 aromatic heterocycles. The maximum atomic E-state index is 16.6. The number of halogens is 1. The summed E-state index contributed by atoms with van der Waals surface area (Å²) in [6.07, 6.45) is 7.71. The number of aromatic nitrogens is 5. The van der Waals surface area contributed by atoms with Gasteiger partial charge in [0.1, 0.15) is 29.3 Å². The number of nitrogens with zero attached hydrogens (tertiary/aromatic N) is 4. The van der Waals surface area contributed by atoms with E-state index in [1.54, 1.807) is 22.4 Å². The number of methoxy groups -OCH3 is 1. The van der Waals surface area contributed by atoms with Crippen LogP contribution in [-0.4, -0.2) is 67.6 Å². The molecule has 12 nitrogen and oxygen atoms in total. The molecule has 4 N–H and O–H groups in total. The second-order valence-corrected chi connectivity index (χ2v) is 16.8. The van der Waals surface area contributed by atoms with Gasteiger partial charge in [0.15, 0.2) is 0 Å². The van der Waals surface area contributed by atoms with Gasteiger partial charge in [0.25, 0.3) is 0 Å². The maximum Gasteiger partial charge on any atom is 0.407 e. The Morgan fingerprint density at radius 1 is 1.04 bits per heavy atom. The van der Waals surface area contributed by atoms with Crippen LogP contribution in [0.2, 0.25) is 0 Å². The van der Waals surface area contributed by atoms with E-state index in [4.69, 9.17) is 14.5 Å². The summed E-state index contributed by atoms with van der Waals surface area (Å²) in [7, 11) is 1.27. The summed E-state index contributed by atoms with van der Waals surface area (Å²) in [5.74, 6) is 1.73. The Kier molecular flexibility index (Phi) is 9.85. The molecule has 2 fully saturated rings. The van der Waals surface area contributed by atoms with Crippen LogP contribution in [0.3, 0.4) is 0 Å². The number of H-pyrrole nitrogens is 2. The van der Waals surface area contributed by atoms with Gasteiger partial charge in [-0.1, -0.05) is 26.8 Å². The summed E-state index contributed by atoms with van der Waals surface area (Å²) in [6, 6.07) is 15.6. The highest BCUT2D eigenvalue weighted by Crippen LogP contribution is 2.50. The number of nitrogens with one attached hydrogen (secondary N) is 4. The molecule has 2 amide bonds. The average Bonchev–Trinajstić information content (AvgIpc) is 3.82. The van der Waals surface area contributed by atoms with Crippen molar-refractivity contribution in [3.63, 3.8) is 0 Å². The molecule has 0 radical (unpaired) electrons. The van der Waals surface area contributed by atoms with Crippen molar-refractivity contribution in [1.82, 2.24) is 40.0 Å². The van der Waals surface area contributed by atoms with E-state index in [1.165, 1.54) is 30.9 Å². The van der Waals surface area contributed by atoms with Crippen LogP contribution in [0.5, 0.6) is 5.75 Å². The Bertz CT molecular complexity index is 2450. The highest BCUT2D eigenvalue weighted by atomic mass is 32.1.